The number of carbonyl (C=O) groups is 1. The molecule has 4 rings (SSSR count). The normalized spacial score (nSPS) is 11.0. The van der Waals surface area contributed by atoms with Crippen LogP contribution in [0.25, 0.3) is 10.9 Å². The fourth-order valence-electron chi connectivity index (χ4n) is 3.95. The molecule has 168 valence electrons. The third-order valence-electron chi connectivity index (χ3n) is 5.84. The topological polar surface area (TPSA) is 64.3 Å². The summed E-state index contributed by atoms with van der Waals surface area (Å²) < 4.78 is 2.63. The Labute approximate surface area is 192 Å². The predicted octanol–water partition coefficient (Wildman–Crippen LogP) is 3.57. The van der Waals surface area contributed by atoms with Gasteiger partial charge in [-0.3, -0.25) is 18.7 Å². The molecule has 0 aliphatic rings. The van der Waals surface area contributed by atoms with Gasteiger partial charge >= 0.3 is 5.69 Å². The van der Waals surface area contributed by atoms with Crippen molar-refractivity contribution >= 4 is 16.8 Å². The van der Waals surface area contributed by atoms with Crippen molar-refractivity contribution in [3.63, 3.8) is 0 Å². The van der Waals surface area contributed by atoms with E-state index in [1.807, 2.05) is 68.4 Å². The van der Waals surface area contributed by atoms with Crippen LogP contribution in [0.4, 0.5) is 0 Å². The SMILES string of the molecule is CCN(Cc1ccc(C)cc1)C(=O)Cn1c(=O)n(Cc2ccccc2)c(=O)c2ccccc21. The monoisotopic (exact) mass is 441 g/mol. The fourth-order valence-corrected chi connectivity index (χ4v) is 3.95. The van der Waals surface area contributed by atoms with Crippen LogP contribution in [0.5, 0.6) is 0 Å². The van der Waals surface area contributed by atoms with Crippen LogP contribution in [0, 0.1) is 6.92 Å². The number of carbonyl (C=O) groups excluding carboxylic acids is 1. The maximum atomic E-state index is 13.4. The number of hydrogen-bond acceptors (Lipinski definition) is 3. The second-order valence-corrected chi connectivity index (χ2v) is 8.16. The van der Waals surface area contributed by atoms with Crippen molar-refractivity contribution in [3.05, 3.63) is 116 Å². The van der Waals surface area contributed by atoms with Gasteiger partial charge in [0, 0.05) is 13.1 Å². The van der Waals surface area contributed by atoms with Gasteiger partial charge in [-0.05, 0) is 37.1 Å². The van der Waals surface area contributed by atoms with E-state index in [0.717, 1.165) is 16.7 Å². The molecule has 1 aromatic heterocycles. The van der Waals surface area contributed by atoms with E-state index in [-0.39, 0.29) is 24.6 Å². The standard InChI is InChI=1S/C27H27N3O3/c1-3-28(17-22-15-13-20(2)14-16-22)25(31)19-29-24-12-8-7-11-23(24)26(32)30(27(29)33)18-21-9-5-4-6-10-21/h4-16H,3,17-19H2,1-2H3. The van der Waals surface area contributed by atoms with Crippen LogP contribution in [-0.2, 0) is 24.4 Å². The first kappa shape index (κ1) is 22.3. The van der Waals surface area contributed by atoms with Crippen LogP contribution < -0.4 is 11.2 Å². The highest BCUT2D eigenvalue weighted by molar-refractivity contribution is 5.81. The molecule has 0 saturated heterocycles. The molecule has 6 heteroatoms. The molecule has 6 nitrogen and oxygen atoms in total. The number of amides is 1. The van der Waals surface area contributed by atoms with Crippen molar-refractivity contribution < 1.29 is 4.79 Å². The van der Waals surface area contributed by atoms with Crippen molar-refractivity contribution in [1.82, 2.24) is 14.0 Å². The van der Waals surface area contributed by atoms with Gasteiger partial charge in [-0.2, -0.15) is 0 Å². The van der Waals surface area contributed by atoms with Gasteiger partial charge in [0.15, 0.2) is 0 Å². The lowest BCUT2D eigenvalue weighted by Crippen LogP contribution is -2.43. The van der Waals surface area contributed by atoms with E-state index in [0.29, 0.717) is 24.0 Å². The lowest BCUT2D eigenvalue weighted by molar-refractivity contribution is -0.132. The Bertz CT molecular complexity index is 1390. The minimum absolute atomic E-state index is 0.131. The molecule has 0 radical (unpaired) electrons. The quantitative estimate of drug-likeness (QED) is 0.440. The van der Waals surface area contributed by atoms with E-state index in [1.54, 1.807) is 29.2 Å². The Balaban J connectivity index is 1.71. The summed E-state index contributed by atoms with van der Waals surface area (Å²) in [6, 6.07) is 24.4. The maximum Gasteiger partial charge on any atom is 0.332 e. The molecular formula is C27H27N3O3. The highest BCUT2D eigenvalue weighted by Gasteiger charge is 2.18. The summed E-state index contributed by atoms with van der Waals surface area (Å²) in [5.41, 5.74) is 2.67. The van der Waals surface area contributed by atoms with E-state index in [2.05, 4.69) is 0 Å². The number of fused-ring (bicyclic) bond motifs is 1. The molecule has 0 aliphatic carbocycles. The van der Waals surface area contributed by atoms with Crippen molar-refractivity contribution in [2.75, 3.05) is 6.54 Å². The molecule has 0 atom stereocenters. The maximum absolute atomic E-state index is 13.4. The highest BCUT2D eigenvalue weighted by atomic mass is 16.2. The van der Waals surface area contributed by atoms with Gasteiger partial charge in [-0.15, -0.1) is 0 Å². The molecule has 0 unspecified atom stereocenters. The van der Waals surface area contributed by atoms with Gasteiger partial charge in [-0.25, -0.2) is 4.79 Å². The molecular weight excluding hydrogens is 414 g/mol. The van der Waals surface area contributed by atoms with Gasteiger partial charge in [0.1, 0.15) is 6.54 Å². The molecule has 1 heterocycles. The zero-order chi connectivity index (χ0) is 23.4. The highest BCUT2D eigenvalue weighted by Crippen LogP contribution is 2.11. The van der Waals surface area contributed by atoms with E-state index >= 15 is 0 Å². The van der Waals surface area contributed by atoms with Crippen LogP contribution in [0.1, 0.15) is 23.6 Å². The molecule has 0 aliphatic heterocycles. The second-order valence-electron chi connectivity index (χ2n) is 8.16. The third kappa shape index (κ3) is 4.80. The van der Waals surface area contributed by atoms with Crippen LogP contribution >= 0.6 is 0 Å². The van der Waals surface area contributed by atoms with Crippen LogP contribution in [0.15, 0.2) is 88.5 Å². The summed E-state index contributed by atoms with van der Waals surface area (Å²) in [6.07, 6.45) is 0. The van der Waals surface area contributed by atoms with Gasteiger partial charge < -0.3 is 4.90 Å². The predicted molar refractivity (Wildman–Crippen MR) is 130 cm³/mol. The Hall–Kier alpha value is -3.93. The molecule has 4 aromatic rings. The van der Waals surface area contributed by atoms with Gasteiger partial charge in [0.2, 0.25) is 5.91 Å². The smallest absolute Gasteiger partial charge is 0.332 e. The first-order valence-corrected chi connectivity index (χ1v) is 11.1. The Morgan fingerprint density at radius 3 is 2.18 bits per heavy atom. The van der Waals surface area contributed by atoms with E-state index < -0.39 is 5.69 Å². The minimum atomic E-state index is -0.484. The third-order valence-corrected chi connectivity index (χ3v) is 5.84. The number of hydrogen-bond donors (Lipinski definition) is 0. The number of benzene rings is 3. The van der Waals surface area contributed by atoms with Crippen molar-refractivity contribution in [1.29, 1.82) is 0 Å². The molecule has 0 N–H and O–H groups in total. The second kappa shape index (κ2) is 9.69. The lowest BCUT2D eigenvalue weighted by Gasteiger charge is -2.22. The van der Waals surface area contributed by atoms with Gasteiger partial charge in [0.25, 0.3) is 5.56 Å². The largest absolute Gasteiger partial charge is 0.337 e. The van der Waals surface area contributed by atoms with Gasteiger partial charge in [-0.1, -0.05) is 72.3 Å². The number of nitrogens with zero attached hydrogens (tertiary/aromatic N) is 3. The summed E-state index contributed by atoms with van der Waals surface area (Å²) in [7, 11) is 0. The zero-order valence-corrected chi connectivity index (χ0v) is 18.9. The molecule has 33 heavy (non-hydrogen) atoms. The van der Waals surface area contributed by atoms with Crippen LogP contribution in [0.3, 0.4) is 0 Å². The van der Waals surface area contributed by atoms with Crippen molar-refractivity contribution in [2.45, 2.75) is 33.5 Å². The van der Waals surface area contributed by atoms with Crippen LogP contribution in [0.2, 0.25) is 0 Å². The molecule has 0 fully saturated rings. The van der Waals surface area contributed by atoms with Crippen molar-refractivity contribution in [3.8, 4) is 0 Å². The zero-order valence-electron chi connectivity index (χ0n) is 18.9. The number of para-hydroxylation sites is 1. The summed E-state index contributed by atoms with van der Waals surface area (Å²) in [4.78, 5) is 41.5. The van der Waals surface area contributed by atoms with Crippen LogP contribution in [-0.4, -0.2) is 26.5 Å². The Kier molecular flexibility index (Phi) is 6.54. The number of aryl methyl sites for hydroxylation is 1. The molecule has 0 saturated carbocycles. The summed E-state index contributed by atoms with van der Waals surface area (Å²) >= 11 is 0. The number of likely N-dealkylation sites (N-methyl/N-ethyl adjacent to an activating group) is 1. The molecule has 1 amide bonds. The molecule has 0 spiro atoms. The molecule has 0 bridgehead atoms. The summed E-state index contributed by atoms with van der Waals surface area (Å²) in [6.45, 7) is 4.94. The van der Waals surface area contributed by atoms with E-state index in [9.17, 15) is 14.4 Å². The minimum Gasteiger partial charge on any atom is -0.337 e. The first-order chi connectivity index (χ1) is 16.0. The Morgan fingerprint density at radius 2 is 1.48 bits per heavy atom. The first-order valence-electron chi connectivity index (χ1n) is 11.1. The number of rotatable bonds is 7. The van der Waals surface area contributed by atoms with E-state index in [1.165, 1.54) is 9.13 Å². The average Bonchev–Trinajstić information content (AvgIpc) is 2.84. The number of aromatic nitrogens is 2. The fraction of sp³-hybridized carbons (Fsp3) is 0.222. The average molecular weight is 442 g/mol. The summed E-state index contributed by atoms with van der Waals surface area (Å²) in [5, 5.41) is 0.419. The lowest BCUT2D eigenvalue weighted by atomic mass is 10.1. The summed E-state index contributed by atoms with van der Waals surface area (Å²) in [5.74, 6) is -0.171. The van der Waals surface area contributed by atoms with Gasteiger partial charge in [0.05, 0.1) is 17.4 Å². The van der Waals surface area contributed by atoms with Crippen molar-refractivity contribution in [2.24, 2.45) is 0 Å². The van der Waals surface area contributed by atoms with E-state index in [4.69, 9.17) is 0 Å². The molecule has 3 aromatic carbocycles. The Morgan fingerprint density at radius 1 is 0.818 bits per heavy atom.